The Bertz CT molecular complexity index is 572. The molecule has 1 amide bonds. The Morgan fingerprint density at radius 1 is 1.28 bits per heavy atom. The third kappa shape index (κ3) is 5.22. The Kier molecular flexibility index (Phi) is 6.36. The van der Waals surface area contributed by atoms with E-state index < -0.39 is 5.97 Å². The molecule has 25 heavy (non-hydrogen) atoms. The first-order valence-corrected chi connectivity index (χ1v) is 10.0. The van der Waals surface area contributed by atoms with Gasteiger partial charge in [-0.25, -0.2) is 0 Å². The summed E-state index contributed by atoms with van der Waals surface area (Å²) in [6, 6.07) is 0.0599. The molecule has 3 rings (SSSR count). The first kappa shape index (κ1) is 18.3. The van der Waals surface area contributed by atoms with Crippen molar-refractivity contribution in [1.82, 2.24) is 20.8 Å². The zero-order valence-corrected chi connectivity index (χ0v) is 15.1. The summed E-state index contributed by atoms with van der Waals surface area (Å²) >= 11 is 1.56. The van der Waals surface area contributed by atoms with E-state index in [0.717, 1.165) is 56.5 Å². The van der Waals surface area contributed by atoms with Gasteiger partial charge in [0.25, 0.3) is 0 Å². The van der Waals surface area contributed by atoms with Crippen LogP contribution >= 0.6 is 11.3 Å². The number of carbonyl (C=O) groups excluding carboxylic acids is 1. The molecule has 1 saturated carbocycles. The summed E-state index contributed by atoms with van der Waals surface area (Å²) in [4.78, 5) is 23.3. The Morgan fingerprint density at radius 3 is 2.76 bits per heavy atom. The Balaban J connectivity index is 1.42. The normalized spacial score (nSPS) is 29.9. The fourth-order valence-electron chi connectivity index (χ4n) is 3.93. The maximum atomic E-state index is 12.6. The van der Waals surface area contributed by atoms with Gasteiger partial charge in [-0.2, -0.15) is 0 Å². The molecule has 3 N–H and O–H groups in total. The van der Waals surface area contributed by atoms with Crippen molar-refractivity contribution in [3.8, 4) is 0 Å². The first-order chi connectivity index (χ1) is 12.1. The molecular weight excluding hydrogens is 340 g/mol. The molecule has 1 aliphatic heterocycles. The van der Waals surface area contributed by atoms with Crippen LogP contribution in [0.4, 0.5) is 0 Å². The minimum atomic E-state index is -0.719. The number of carbonyl (C=O) groups is 2. The van der Waals surface area contributed by atoms with Crippen molar-refractivity contribution >= 4 is 23.2 Å². The molecule has 1 aliphatic carbocycles. The van der Waals surface area contributed by atoms with E-state index in [0.29, 0.717) is 11.8 Å². The Hall–Kier alpha value is -1.54. The summed E-state index contributed by atoms with van der Waals surface area (Å²) in [7, 11) is 0. The average molecular weight is 366 g/mol. The molecular formula is C17H26N4O3S. The fraction of sp³-hybridized carbons (Fsp3) is 0.765. The van der Waals surface area contributed by atoms with E-state index in [1.165, 1.54) is 0 Å². The van der Waals surface area contributed by atoms with Crippen LogP contribution in [0, 0.1) is 5.92 Å². The number of hydrogen-bond acceptors (Lipinski definition) is 6. The van der Waals surface area contributed by atoms with Gasteiger partial charge >= 0.3 is 5.97 Å². The van der Waals surface area contributed by atoms with Crippen LogP contribution in [0.1, 0.15) is 62.3 Å². The number of rotatable bonds is 6. The van der Waals surface area contributed by atoms with Gasteiger partial charge in [-0.15, -0.1) is 21.5 Å². The van der Waals surface area contributed by atoms with E-state index in [1.807, 2.05) is 0 Å². The lowest BCUT2D eigenvalue weighted by atomic mass is 9.83. The summed E-state index contributed by atoms with van der Waals surface area (Å²) in [5.41, 5.74) is 1.75. The van der Waals surface area contributed by atoms with Crippen molar-refractivity contribution in [1.29, 1.82) is 0 Å². The predicted molar refractivity (Wildman–Crippen MR) is 94.4 cm³/mol. The Morgan fingerprint density at radius 2 is 2.08 bits per heavy atom. The standard InChI is InChI=1S/C17H26N4O3S/c22-15(23)6-3-11-1-4-13(5-2-11)20-16(24)14-9-12(7-8-18-14)17-21-19-10-25-17/h10-14,18H,1-9H2,(H,20,24)(H,22,23). The van der Waals surface area contributed by atoms with Crippen molar-refractivity contribution in [3.63, 3.8) is 0 Å². The molecule has 138 valence electrons. The zero-order chi connectivity index (χ0) is 17.6. The highest BCUT2D eigenvalue weighted by Gasteiger charge is 2.31. The Labute approximate surface area is 151 Å². The summed E-state index contributed by atoms with van der Waals surface area (Å²) in [6.45, 7) is 0.824. The van der Waals surface area contributed by atoms with Gasteiger partial charge in [-0.3, -0.25) is 9.59 Å². The molecule has 0 aromatic carbocycles. The highest BCUT2D eigenvalue weighted by Crippen LogP contribution is 2.30. The summed E-state index contributed by atoms with van der Waals surface area (Å²) in [5, 5.41) is 24.4. The number of carboxylic acids is 1. The maximum absolute atomic E-state index is 12.6. The number of nitrogens with one attached hydrogen (secondary N) is 2. The van der Waals surface area contributed by atoms with Crippen LogP contribution in [-0.4, -0.2) is 45.8 Å². The van der Waals surface area contributed by atoms with Crippen LogP contribution in [0.3, 0.4) is 0 Å². The molecule has 2 heterocycles. The predicted octanol–water partition coefficient (Wildman–Crippen LogP) is 1.91. The SMILES string of the molecule is O=C(O)CCC1CCC(NC(=O)C2CC(c3nncs3)CCN2)CC1. The van der Waals surface area contributed by atoms with E-state index >= 15 is 0 Å². The number of piperidine rings is 1. The van der Waals surface area contributed by atoms with Gasteiger partial charge in [0, 0.05) is 18.4 Å². The molecule has 8 heteroatoms. The van der Waals surface area contributed by atoms with Crippen LogP contribution in [0.2, 0.25) is 0 Å². The summed E-state index contributed by atoms with van der Waals surface area (Å²) in [5.74, 6) is 0.169. The number of nitrogens with zero attached hydrogens (tertiary/aromatic N) is 2. The van der Waals surface area contributed by atoms with Crippen molar-refractivity contribution < 1.29 is 14.7 Å². The van der Waals surface area contributed by atoms with Gasteiger partial charge in [0.2, 0.25) is 5.91 Å². The second kappa shape index (κ2) is 8.71. The van der Waals surface area contributed by atoms with E-state index in [4.69, 9.17) is 5.11 Å². The largest absolute Gasteiger partial charge is 0.481 e. The van der Waals surface area contributed by atoms with Gasteiger partial charge in [-0.1, -0.05) is 0 Å². The lowest BCUT2D eigenvalue weighted by molar-refractivity contribution is -0.137. The molecule has 0 radical (unpaired) electrons. The summed E-state index contributed by atoms with van der Waals surface area (Å²) < 4.78 is 0. The molecule has 0 bridgehead atoms. The highest BCUT2D eigenvalue weighted by atomic mass is 32.1. The number of aliphatic carboxylic acids is 1. The topological polar surface area (TPSA) is 104 Å². The first-order valence-electron chi connectivity index (χ1n) is 9.13. The van der Waals surface area contributed by atoms with Crippen LogP contribution in [0.5, 0.6) is 0 Å². The number of hydrogen-bond donors (Lipinski definition) is 3. The molecule has 1 aromatic heterocycles. The van der Waals surface area contributed by atoms with Gasteiger partial charge in [0.05, 0.1) is 6.04 Å². The van der Waals surface area contributed by atoms with Crippen LogP contribution in [0.25, 0.3) is 0 Å². The lowest BCUT2D eigenvalue weighted by Gasteiger charge is -2.32. The van der Waals surface area contributed by atoms with Crippen molar-refractivity contribution in [2.45, 2.75) is 69.4 Å². The van der Waals surface area contributed by atoms with Crippen LogP contribution in [-0.2, 0) is 9.59 Å². The van der Waals surface area contributed by atoms with Gasteiger partial charge in [0.15, 0.2) is 0 Å². The third-order valence-electron chi connectivity index (χ3n) is 5.41. The molecule has 2 unspecified atom stereocenters. The molecule has 1 aromatic rings. The van der Waals surface area contributed by atoms with Crippen LogP contribution in [0.15, 0.2) is 5.51 Å². The molecule has 2 aliphatic rings. The second-order valence-electron chi connectivity index (χ2n) is 7.16. The highest BCUT2D eigenvalue weighted by molar-refractivity contribution is 7.09. The van der Waals surface area contributed by atoms with E-state index in [-0.39, 0.29) is 24.4 Å². The van der Waals surface area contributed by atoms with Crippen LogP contribution < -0.4 is 10.6 Å². The lowest BCUT2D eigenvalue weighted by Crippen LogP contribution is -2.51. The number of amides is 1. The van der Waals surface area contributed by atoms with Crippen molar-refractivity contribution in [3.05, 3.63) is 10.5 Å². The molecule has 7 nitrogen and oxygen atoms in total. The van der Waals surface area contributed by atoms with Crippen molar-refractivity contribution in [2.24, 2.45) is 5.92 Å². The molecule has 2 atom stereocenters. The minimum Gasteiger partial charge on any atom is -0.481 e. The van der Waals surface area contributed by atoms with E-state index in [1.54, 1.807) is 16.8 Å². The maximum Gasteiger partial charge on any atom is 0.303 e. The third-order valence-corrected chi connectivity index (χ3v) is 6.26. The smallest absolute Gasteiger partial charge is 0.303 e. The fourth-order valence-corrected chi connectivity index (χ4v) is 4.63. The van der Waals surface area contributed by atoms with Crippen molar-refractivity contribution in [2.75, 3.05) is 6.54 Å². The second-order valence-corrected chi connectivity index (χ2v) is 8.03. The van der Waals surface area contributed by atoms with E-state index in [9.17, 15) is 9.59 Å². The molecule has 0 spiro atoms. The average Bonchev–Trinajstić information content (AvgIpc) is 3.16. The summed E-state index contributed by atoms with van der Waals surface area (Å²) in [6.07, 6.45) is 6.67. The minimum absolute atomic E-state index is 0.0863. The molecule has 2 fully saturated rings. The number of carboxylic acid groups (broad SMARTS) is 1. The van der Waals surface area contributed by atoms with Gasteiger partial charge in [0.1, 0.15) is 10.5 Å². The quantitative estimate of drug-likeness (QED) is 0.710. The van der Waals surface area contributed by atoms with E-state index in [2.05, 4.69) is 20.8 Å². The monoisotopic (exact) mass is 366 g/mol. The zero-order valence-electron chi connectivity index (χ0n) is 14.3. The van der Waals surface area contributed by atoms with Gasteiger partial charge in [-0.05, 0) is 57.4 Å². The number of aromatic nitrogens is 2. The van der Waals surface area contributed by atoms with Gasteiger partial charge < -0.3 is 15.7 Å². The molecule has 1 saturated heterocycles.